The molecule has 0 N–H and O–H groups in total. The monoisotopic (exact) mass is 463 g/mol. The molecule has 0 spiro atoms. The average molecular weight is 464 g/mol. The second-order valence-electron chi connectivity index (χ2n) is 9.81. The van der Waals surface area contributed by atoms with Gasteiger partial charge in [-0.2, -0.15) is 0 Å². The Balaban J connectivity index is 1.56. The first-order chi connectivity index (χ1) is 15.9. The highest BCUT2D eigenvalue weighted by atomic mass is 32.1. The van der Waals surface area contributed by atoms with Gasteiger partial charge in [0.05, 0.1) is 5.69 Å². The summed E-state index contributed by atoms with van der Waals surface area (Å²) in [4.78, 5) is 6.17. The number of thiophene rings is 2. The predicted octanol–water partition coefficient (Wildman–Crippen LogP) is 9.60. The summed E-state index contributed by atoms with van der Waals surface area (Å²) in [5.41, 5.74) is 6.31. The van der Waals surface area contributed by atoms with Gasteiger partial charge in [0.25, 0.3) is 0 Å². The van der Waals surface area contributed by atoms with Gasteiger partial charge < -0.3 is 0 Å². The van der Waals surface area contributed by atoms with E-state index in [0.29, 0.717) is 0 Å². The van der Waals surface area contributed by atoms with Gasteiger partial charge in [-0.05, 0) is 87.0 Å². The zero-order chi connectivity index (χ0) is 22.7. The van der Waals surface area contributed by atoms with Gasteiger partial charge in [0.1, 0.15) is 0 Å². The lowest BCUT2D eigenvalue weighted by Crippen LogP contribution is -2.12. The quantitative estimate of drug-likeness (QED) is 0.249. The van der Waals surface area contributed by atoms with Gasteiger partial charge >= 0.3 is 0 Å². The van der Waals surface area contributed by atoms with Crippen molar-refractivity contribution in [3.05, 3.63) is 89.4 Å². The number of hydrogen-bond donors (Lipinski definition) is 0. The fraction of sp³-hybridized carbons (Fsp3) is 0.167. The van der Waals surface area contributed by atoms with Gasteiger partial charge in [-0.15, -0.1) is 22.7 Å². The molecule has 3 aromatic carbocycles. The molecular formula is C30H25NS2. The maximum atomic E-state index is 4.88. The normalized spacial score (nSPS) is 12.2. The predicted molar refractivity (Wildman–Crippen MR) is 147 cm³/mol. The van der Waals surface area contributed by atoms with Crippen molar-refractivity contribution in [1.82, 2.24) is 4.98 Å². The molecule has 1 nitrogen and oxygen atoms in total. The lowest BCUT2D eigenvalue weighted by molar-refractivity contribution is 0.596. The second kappa shape index (κ2) is 7.51. The van der Waals surface area contributed by atoms with Gasteiger partial charge in [-0.1, -0.05) is 51.1 Å². The average Bonchev–Trinajstić information content (AvgIpc) is 3.41. The zero-order valence-electron chi connectivity index (χ0n) is 19.3. The minimum Gasteiger partial charge on any atom is -0.256 e. The Labute approximate surface area is 202 Å². The molecule has 0 aliphatic rings. The molecule has 3 heterocycles. The van der Waals surface area contributed by atoms with Crippen molar-refractivity contribution < 1.29 is 0 Å². The number of fused-ring (bicyclic) bond motifs is 3. The molecule has 0 amide bonds. The summed E-state index contributed by atoms with van der Waals surface area (Å²) in [5, 5.41) is 7.43. The van der Waals surface area contributed by atoms with Crippen molar-refractivity contribution in [2.24, 2.45) is 0 Å². The van der Waals surface area contributed by atoms with Crippen molar-refractivity contribution in [1.29, 1.82) is 0 Å². The third-order valence-corrected chi connectivity index (χ3v) is 8.67. The number of benzene rings is 3. The first-order valence-electron chi connectivity index (χ1n) is 11.3. The van der Waals surface area contributed by atoms with E-state index in [2.05, 4.69) is 99.8 Å². The maximum Gasteiger partial charge on any atom is 0.0789 e. The number of hydrogen-bond acceptors (Lipinski definition) is 3. The number of rotatable bonds is 2. The fourth-order valence-corrected chi connectivity index (χ4v) is 6.69. The largest absolute Gasteiger partial charge is 0.256 e. The van der Waals surface area contributed by atoms with E-state index in [1.54, 1.807) is 0 Å². The molecule has 0 aliphatic heterocycles. The summed E-state index contributed by atoms with van der Waals surface area (Å²) in [6, 6.07) is 24.7. The molecule has 6 aromatic rings. The van der Waals surface area contributed by atoms with Gasteiger partial charge in [-0.25, -0.2) is 0 Å². The van der Waals surface area contributed by atoms with Crippen LogP contribution in [-0.4, -0.2) is 4.98 Å². The Morgan fingerprint density at radius 3 is 2.45 bits per heavy atom. The van der Waals surface area contributed by atoms with Crippen molar-refractivity contribution in [2.45, 2.75) is 33.1 Å². The summed E-state index contributed by atoms with van der Waals surface area (Å²) in [5.74, 6) is 0. The third-order valence-electron chi connectivity index (χ3n) is 6.44. The molecule has 0 saturated carbocycles. The van der Waals surface area contributed by atoms with E-state index < -0.39 is 0 Å². The molecule has 0 fully saturated rings. The lowest BCUT2D eigenvalue weighted by Gasteiger charge is -2.22. The van der Waals surface area contributed by atoms with Crippen LogP contribution in [0.2, 0.25) is 0 Å². The Kier molecular flexibility index (Phi) is 4.69. The highest BCUT2D eigenvalue weighted by molar-refractivity contribution is 7.22. The summed E-state index contributed by atoms with van der Waals surface area (Å²) in [6.45, 7) is 9.07. The van der Waals surface area contributed by atoms with Crippen LogP contribution in [-0.2, 0) is 5.41 Å². The van der Waals surface area contributed by atoms with Crippen molar-refractivity contribution in [2.75, 3.05) is 0 Å². The van der Waals surface area contributed by atoms with E-state index in [0.717, 1.165) is 5.69 Å². The Bertz CT molecular complexity index is 1660. The van der Waals surface area contributed by atoms with Crippen LogP contribution >= 0.6 is 22.7 Å². The number of pyridine rings is 1. The molecule has 0 bridgehead atoms. The minimum absolute atomic E-state index is 0.0527. The first kappa shape index (κ1) is 20.6. The van der Waals surface area contributed by atoms with Crippen LogP contribution in [0.3, 0.4) is 0 Å². The van der Waals surface area contributed by atoms with Crippen molar-refractivity contribution >= 4 is 53.6 Å². The molecule has 0 aliphatic carbocycles. The van der Waals surface area contributed by atoms with E-state index in [4.69, 9.17) is 4.98 Å². The zero-order valence-corrected chi connectivity index (χ0v) is 20.9. The van der Waals surface area contributed by atoms with Crippen LogP contribution < -0.4 is 0 Å². The fourth-order valence-electron chi connectivity index (χ4n) is 4.71. The molecule has 162 valence electrons. The maximum absolute atomic E-state index is 4.88. The van der Waals surface area contributed by atoms with Crippen LogP contribution in [0.25, 0.3) is 52.6 Å². The molecule has 3 aromatic heterocycles. The summed E-state index contributed by atoms with van der Waals surface area (Å²) in [7, 11) is 0. The van der Waals surface area contributed by atoms with Gasteiger partial charge in [0.2, 0.25) is 0 Å². The van der Waals surface area contributed by atoms with E-state index in [1.165, 1.54) is 58.1 Å². The van der Waals surface area contributed by atoms with Gasteiger partial charge in [0, 0.05) is 31.4 Å². The van der Waals surface area contributed by atoms with Gasteiger partial charge in [0.15, 0.2) is 0 Å². The van der Waals surface area contributed by atoms with Crippen LogP contribution in [0.5, 0.6) is 0 Å². The Hall–Kier alpha value is -3.01. The second-order valence-corrected chi connectivity index (χ2v) is 11.8. The van der Waals surface area contributed by atoms with E-state index in [1.807, 2.05) is 28.9 Å². The molecule has 0 atom stereocenters. The molecule has 6 rings (SSSR count). The molecular weight excluding hydrogens is 438 g/mol. The summed E-state index contributed by atoms with van der Waals surface area (Å²) in [6.07, 6.45) is 1.95. The van der Waals surface area contributed by atoms with Crippen molar-refractivity contribution in [3.8, 4) is 21.7 Å². The molecule has 0 saturated heterocycles. The van der Waals surface area contributed by atoms with Crippen LogP contribution in [0.1, 0.15) is 31.9 Å². The van der Waals surface area contributed by atoms with Crippen molar-refractivity contribution in [3.63, 3.8) is 0 Å². The molecule has 33 heavy (non-hydrogen) atoms. The van der Waals surface area contributed by atoms with Crippen LogP contribution in [0, 0.1) is 6.92 Å². The van der Waals surface area contributed by atoms with Crippen LogP contribution in [0.15, 0.2) is 78.3 Å². The SMILES string of the molecule is Cc1csc2ccc(-c3cc4c(-c5cc(C(C)(C)C)c6ccccc6c5)nccc4s3)cc12. The molecule has 0 radical (unpaired) electrons. The standard InChI is InChI=1S/C30H25NS2/c1-18-17-32-26-10-9-20(14-23(18)26)28-16-24-27(33-28)11-12-31-29(24)21-13-19-7-5-6-8-22(19)25(15-21)30(2,3)4/h5-17H,1-4H3. The topological polar surface area (TPSA) is 12.9 Å². The first-order valence-corrected chi connectivity index (χ1v) is 13.0. The number of aromatic nitrogens is 1. The van der Waals surface area contributed by atoms with E-state index in [-0.39, 0.29) is 5.41 Å². The molecule has 3 heteroatoms. The highest BCUT2D eigenvalue weighted by Gasteiger charge is 2.20. The Morgan fingerprint density at radius 1 is 0.758 bits per heavy atom. The number of aryl methyl sites for hydroxylation is 1. The number of nitrogens with zero attached hydrogens (tertiary/aromatic N) is 1. The highest BCUT2D eigenvalue weighted by Crippen LogP contribution is 2.41. The summed E-state index contributed by atoms with van der Waals surface area (Å²) < 4.78 is 2.63. The third kappa shape index (κ3) is 3.47. The molecule has 0 unspecified atom stereocenters. The minimum atomic E-state index is 0.0527. The van der Waals surface area contributed by atoms with E-state index >= 15 is 0 Å². The Morgan fingerprint density at radius 2 is 1.61 bits per heavy atom. The van der Waals surface area contributed by atoms with E-state index in [9.17, 15) is 0 Å². The van der Waals surface area contributed by atoms with Gasteiger partial charge in [-0.3, -0.25) is 4.98 Å². The summed E-state index contributed by atoms with van der Waals surface area (Å²) >= 11 is 3.67. The lowest BCUT2D eigenvalue weighted by atomic mass is 9.82. The smallest absolute Gasteiger partial charge is 0.0789 e. The van der Waals surface area contributed by atoms with Crippen LogP contribution in [0.4, 0.5) is 0 Å².